The molecule has 0 spiro atoms. The van der Waals surface area contributed by atoms with Crippen LogP contribution in [0.1, 0.15) is 10.4 Å². The van der Waals surface area contributed by atoms with Crippen molar-refractivity contribution < 1.29 is 9.53 Å². The smallest absolute Gasteiger partial charge is 0.256 e. The molecule has 0 unspecified atom stereocenters. The SMILES string of the molecule is COc1ccc2c(c1)NC(=O)c1ccccc1S2. The predicted octanol–water partition coefficient (Wildman–Crippen LogP) is 3.41. The second-order valence-corrected chi connectivity index (χ2v) is 5.00. The van der Waals surface area contributed by atoms with Crippen LogP contribution in [0.15, 0.2) is 52.3 Å². The normalized spacial score (nSPS) is 13.1. The molecule has 1 N–H and O–H groups in total. The number of rotatable bonds is 1. The molecule has 1 heterocycles. The first-order valence-corrected chi connectivity index (χ1v) is 6.36. The Morgan fingerprint density at radius 1 is 1.11 bits per heavy atom. The summed E-state index contributed by atoms with van der Waals surface area (Å²) in [5, 5.41) is 2.91. The Balaban J connectivity index is 2.12. The van der Waals surface area contributed by atoms with Gasteiger partial charge in [0.1, 0.15) is 5.75 Å². The fourth-order valence-corrected chi connectivity index (χ4v) is 2.88. The number of benzene rings is 2. The van der Waals surface area contributed by atoms with Crippen molar-refractivity contribution in [3.8, 4) is 5.75 Å². The monoisotopic (exact) mass is 257 g/mol. The lowest BCUT2D eigenvalue weighted by atomic mass is 10.2. The summed E-state index contributed by atoms with van der Waals surface area (Å²) < 4.78 is 5.17. The van der Waals surface area contributed by atoms with Gasteiger partial charge in [-0.1, -0.05) is 23.9 Å². The summed E-state index contributed by atoms with van der Waals surface area (Å²) in [4.78, 5) is 14.1. The molecular formula is C14H11NO2S. The van der Waals surface area contributed by atoms with Gasteiger partial charge in [-0.05, 0) is 24.3 Å². The zero-order valence-corrected chi connectivity index (χ0v) is 10.6. The first-order chi connectivity index (χ1) is 8.78. The molecule has 4 heteroatoms. The van der Waals surface area contributed by atoms with Crippen LogP contribution >= 0.6 is 11.8 Å². The van der Waals surface area contributed by atoms with Crippen LogP contribution in [0.25, 0.3) is 0 Å². The van der Waals surface area contributed by atoms with E-state index in [1.807, 2.05) is 42.5 Å². The zero-order chi connectivity index (χ0) is 12.5. The molecule has 1 aliphatic rings. The minimum absolute atomic E-state index is 0.0786. The number of ether oxygens (including phenoxy) is 1. The summed E-state index contributed by atoms with van der Waals surface area (Å²) in [5.41, 5.74) is 1.50. The van der Waals surface area contributed by atoms with Crippen LogP contribution in [0, 0.1) is 0 Å². The van der Waals surface area contributed by atoms with Crippen molar-refractivity contribution >= 4 is 23.4 Å². The average Bonchev–Trinajstić information content (AvgIpc) is 2.54. The summed E-state index contributed by atoms with van der Waals surface area (Å²) in [5.74, 6) is 0.658. The molecule has 0 fully saturated rings. The zero-order valence-electron chi connectivity index (χ0n) is 9.77. The van der Waals surface area contributed by atoms with Gasteiger partial charge >= 0.3 is 0 Å². The molecule has 0 aliphatic carbocycles. The number of anilines is 1. The van der Waals surface area contributed by atoms with E-state index in [1.165, 1.54) is 0 Å². The lowest BCUT2D eigenvalue weighted by Gasteiger charge is -2.07. The van der Waals surface area contributed by atoms with Gasteiger partial charge in [0.15, 0.2) is 0 Å². The van der Waals surface area contributed by atoms with E-state index in [-0.39, 0.29) is 5.91 Å². The molecule has 0 saturated heterocycles. The van der Waals surface area contributed by atoms with Crippen LogP contribution in [0.3, 0.4) is 0 Å². The highest BCUT2D eigenvalue weighted by Gasteiger charge is 2.19. The van der Waals surface area contributed by atoms with Crippen LogP contribution in [0.5, 0.6) is 5.75 Å². The lowest BCUT2D eigenvalue weighted by Crippen LogP contribution is -2.11. The Labute approximate surface area is 109 Å². The van der Waals surface area contributed by atoms with E-state index in [1.54, 1.807) is 18.9 Å². The number of carbonyl (C=O) groups is 1. The molecule has 2 aromatic carbocycles. The van der Waals surface area contributed by atoms with Crippen LogP contribution < -0.4 is 10.1 Å². The lowest BCUT2D eigenvalue weighted by molar-refractivity contribution is 0.102. The summed E-state index contributed by atoms with van der Waals surface area (Å²) >= 11 is 1.59. The Kier molecular flexibility index (Phi) is 2.72. The minimum Gasteiger partial charge on any atom is -0.497 e. The summed E-state index contributed by atoms with van der Waals surface area (Å²) in [6, 6.07) is 13.3. The molecule has 0 radical (unpaired) electrons. The van der Waals surface area contributed by atoms with Gasteiger partial charge in [-0.15, -0.1) is 0 Å². The molecule has 18 heavy (non-hydrogen) atoms. The summed E-state index contributed by atoms with van der Waals surface area (Å²) in [6.07, 6.45) is 0. The topological polar surface area (TPSA) is 38.3 Å². The standard InChI is InChI=1S/C14H11NO2S/c1-17-9-6-7-13-11(8-9)15-14(16)10-4-2-3-5-12(10)18-13/h2-8H,1H3,(H,15,16). The molecule has 1 aliphatic heterocycles. The molecule has 3 rings (SSSR count). The molecule has 3 nitrogen and oxygen atoms in total. The first-order valence-electron chi connectivity index (χ1n) is 5.54. The highest BCUT2D eigenvalue weighted by Crippen LogP contribution is 2.39. The highest BCUT2D eigenvalue weighted by atomic mass is 32.2. The van der Waals surface area contributed by atoms with Crippen molar-refractivity contribution in [3.05, 3.63) is 48.0 Å². The van der Waals surface area contributed by atoms with Gasteiger partial charge < -0.3 is 10.1 Å². The van der Waals surface area contributed by atoms with Crippen LogP contribution in [-0.4, -0.2) is 13.0 Å². The second-order valence-electron chi connectivity index (χ2n) is 3.91. The van der Waals surface area contributed by atoms with E-state index in [2.05, 4.69) is 5.32 Å². The van der Waals surface area contributed by atoms with Gasteiger partial charge in [-0.2, -0.15) is 0 Å². The molecule has 0 bridgehead atoms. The largest absolute Gasteiger partial charge is 0.497 e. The maximum absolute atomic E-state index is 12.1. The van der Waals surface area contributed by atoms with Gasteiger partial charge in [-0.3, -0.25) is 4.79 Å². The summed E-state index contributed by atoms with van der Waals surface area (Å²) in [7, 11) is 1.61. The van der Waals surface area contributed by atoms with E-state index in [4.69, 9.17) is 4.74 Å². The summed E-state index contributed by atoms with van der Waals surface area (Å²) in [6.45, 7) is 0. The quantitative estimate of drug-likeness (QED) is 0.850. The average molecular weight is 257 g/mol. The second kappa shape index (κ2) is 4.38. The molecular weight excluding hydrogens is 246 g/mol. The molecule has 1 amide bonds. The van der Waals surface area contributed by atoms with Crippen molar-refractivity contribution in [1.82, 2.24) is 0 Å². The Morgan fingerprint density at radius 3 is 2.78 bits per heavy atom. The maximum Gasteiger partial charge on any atom is 0.256 e. The van der Waals surface area contributed by atoms with Crippen molar-refractivity contribution in [2.24, 2.45) is 0 Å². The maximum atomic E-state index is 12.1. The fraction of sp³-hybridized carbons (Fsp3) is 0.0714. The number of nitrogens with one attached hydrogen (secondary N) is 1. The Bertz CT molecular complexity index is 625. The molecule has 2 aromatic rings. The van der Waals surface area contributed by atoms with Crippen LogP contribution in [0.4, 0.5) is 5.69 Å². The van der Waals surface area contributed by atoms with Gasteiger partial charge in [0.25, 0.3) is 5.91 Å². The van der Waals surface area contributed by atoms with Crippen LogP contribution in [-0.2, 0) is 0 Å². The van der Waals surface area contributed by atoms with Crippen molar-refractivity contribution in [3.63, 3.8) is 0 Å². The predicted molar refractivity (Wildman–Crippen MR) is 71.5 cm³/mol. The number of hydrogen-bond donors (Lipinski definition) is 1. The van der Waals surface area contributed by atoms with E-state index >= 15 is 0 Å². The van der Waals surface area contributed by atoms with E-state index in [0.717, 1.165) is 21.2 Å². The van der Waals surface area contributed by atoms with Crippen LogP contribution in [0.2, 0.25) is 0 Å². The van der Waals surface area contributed by atoms with Crippen molar-refractivity contribution in [1.29, 1.82) is 0 Å². The number of hydrogen-bond acceptors (Lipinski definition) is 3. The van der Waals surface area contributed by atoms with Gasteiger partial charge in [0, 0.05) is 15.9 Å². The number of fused-ring (bicyclic) bond motifs is 2. The van der Waals surface area contributed by atoms with E-state index in [0.29, 0.717) is 5.56 Å². The molecule has 90 valence electrons. The highest BCUT2D eigenvalue weighted by molar-refractivity contribution is 7.99. The fourth-order valence-electron chi connectivity index (χ4n) is 1.87. The number of methoxy groups -OCH3 is 1. The molecule has 0 aromatic heterocycles. The molecule has 0 atom stereocenters. The van der Waals surface area contributed by atoms with E-state index in [9.17, 15) is 4.79 Å². The number of amides is 1. The minimum atomic E-state index is -0.0786. The Hall–Kier alpha value is -1.94. The first kappa shape index (κ1) is 11.2. The number of carbonyl (C=O) groups excluding carboxylic acids is 1. The third-order valence-electron chi connectivity index (χ3n) is 2.79. The van der Waals surface area contributed by atoms with Crippen molar-refractivity contribution in [2.75, 3.05) is 12.4 Å². The Morgan fingerprint density at radius 2 is 1.94 bits per heavy atom. The molecule has 0 saturated carbocycles. The van der Waals surface area contributed by atoms with Crippen molar-refractivity contribution in [2.45, 2.75) is 9.79 Å². The third-order valence-corrected chi connectivity index (χ3v) is 3.94. The third kappa shape index (κ3) is 1.84. The van der Waals surface area contributed by atoms with Gasteiger partial charge in [-0.25, -0.2) is 0 Å². The van der Waals surface area contributed by atoms with E-state index < -0.39 is 0 Å². The van der Waals surface area contributed by atoms with Gasteiger partial charge in [0.2, 0.25) is 0 Å². The van der Waals surface area contributed by atoms with Gasteiger partial charge in [0.05, 0.1) is 18.4 Å².